The van der Waals surface area contributed by atoms with Crippen molar-refractivity contribution in [1.82, 2.24) is 25.3 Å². The van der Waals surface area contributed by atoms with E-state index < -0.39 is 0 Å². The summed E-state index contributed by atoms with van der Waals surface area (Å²) in [7, 11) is 1.62. The van der Waals surface area contributed by atoms with E-state index in [1.54, 1.807) is 24.4 Å². The van der Waals surface area contributed by atoms with Crippen LogP contribution in [0.5, 0.6) is 0 Å². The second kappa shape index (κ2) is 9.98. The highest BCUT2D eigenvalue weighted by molar-refractivity contribution is 5.74. The molecule has 1 atom stereocenters. The normalized spacial score (nSPS) is 17.1. The van der Waals surface area contributed by atoms with Crippen molar-refractivity contribution < 1.29 is 18.8 Å². The molecule has 0 unspecified atom stereocenters. The van der Waals surface area contributed by atoms with Gasteiger partial charge in [-0.1, -0.05) is 11.2 Å². The summed E-state index contributed by atoms with van der Waals surface area (Å²) in [5.74, 6) is 0.957. The van der Waals surface area contributed by atoms with Crippen molar-refractivity contribution in [3.63, 3.8) is 0 Å². The van der Waals surface area contributed by atoms with Crippen molar-refractivity contribution in [2.24, 2.45) is 0 Å². The van der Waals surface area contributed by atoms with Crippen LogP contribution in [0.3, 0.4) is 0 Å². The fourth-order valence-electron chi connectivity index (χ4n) is 2.88. The number of carbonyl (C=O) groups is 1. The summed E-state index contributed by atoms with van der Waals surface area (Å²) in [5.41, 5.74) is 1.03. The standard InChI is InChI=1S/C18H25N5O4/c1-25-9-6-16-21-17(27-22-16)11-20-18(24)23-8-3-5-15(12-23)26-13-14-4-2-7-19-10-14/h2,4,7,10,15H,3,5-6,8-9,11-13H2,1H3,(H,20,24)/t15-/m0/s1. The summed E-state index contributed by atoms with van der Waals surface area (Å²) in [6.45, 7) is 2.51. The first-order valence-electron chi connectivity index (χ1n) is 9.08. The van der Waals surface area contributed by atoms with Crippen LogP contribution in [0.4, 0.5) is 4.79 Å². The molecule has 1 aliphatic rings. The van der Waals surface area contributed by atoms with Gasteiger partial charge in [0.2, 0.25) is 5.89 Å². The number of amides is 2. The van der Waals surface area contributed by atoms with E-state index in [4.69, 9.17) is 14.0 Å². The van der Waals surface area contributed by atoms with Crippen molar-refractivity contribution in [3.8, 4) is 0 Å². The fourth-order valence-corrected chi connectivity index (χ4v) is 2.88. The van der Waals surface area contributed by atoms with Gasteiger partial charge in [0.1, 0.15) is 0 Å². The third kappa shape index (κ3) is 6.00. The van der Waals surface area contributed by atoms with Gasteiger partial charge in [-0.05, 0) is 24.5 Å². The first-order chi connectivity index (χ1) is 13.2. The number of urea groups is 1. The van der Waals surface area contributed by atoms with Crippen LogP contribution in [0.2, 0.25) is 0 Å². The number of hydrogen-bond donors (Lipinski definition) is 1. The summed E-state index contributed by atoms with van der Waals surface area (Å²) in [6, 6.07) is 3.71. The molecule has 2 aromatic heterocycles. The summed E-state index contributed by atoms with van der Waals surface area (Å²) < 4.78 is 16.0. The van der Waals surface area contributed by atoms with Crippen molar-refractivity contribution in [3.05, 3.63) is 41.8 Å². The van der Waals surface area contributed by atoms with Gasteiger partial charge in [-0.3, -0.25) is 4.98 Å². The van der Waals surface area contributed by atoms with E-state index in [-0.39, 0.29) is 18.7 Å². The molecule has 1 aliphatic heterocycles. The topological polar surface area (TPSA) is 103 Å². The van der Waals surface area contributed by atoms with Crippen molar-refractivity contribution in [2.75, 3.05) is 26.8 Å². The number of nitrogens with one attached hydrogen (secondary N) is 1. The second-order valence-corrected chi connectivity index (χ2v) is 6.39. The summed E-state index contributed by atoms with van der Waals surface area (Å²) in [6.07, 6.45) is 5.98. The number of carbonyl (C=O) groups excluding carboxylic acids is 1. The van der Waals surface area contributed by atoms with Crippen LogP contribution in [-0.2, 0) is 29.0 Å². The molecular weight excluding hydrogens is 350 g/mol. The summed E-state index contributed by atoms with van der Waals surface area (Å²) in [4.78, 5) is 22.5. The van der Waals surface area contributed by atoms with E-state index in [2.05, 4.69) is 20.4 Å². The monoisotopic (exact) mass is 375 g/mol. The van der Waals surface area contributed by atoms with Gasteiger partial charge in [0, 0.05) is 39.0 Å². The molecule has 1 N–H and O–H groups in total. The zero-order valence-corrected chi connectivity index (χ0v) is 15.5. The highest BCUT2D eigenvalue weighted by Crippen LogP contribution is 2.15. The lowest BCUT2D eigenvalue weighted by atomic mass is 10.1. The maximum Gasteiger partial charge on any atom is 0.317 e. The maximum absolute atomic E-state index is 12.4. The van der Waals surface area contributed by atoms with Gasteiger partial charge in [-0.15, -0.1) is 0 Å². The molecule has 0 aromatic carbocycles. The van der Waals surface area contributed by atoms with E-state index in [1.165, 1.54) is 0 Å². The quantitative estimate of drug-likeness (QED) is 0.746. The number of ether oxygens (including phenoxy) is 2. The van der Waals surface area contributed by atoms with Gasteiger partial charge in [-0.2, -0.15) is 4.98 Å². The average Bonchev–Trinajstić information content (AvgIpc) is 3.18. The second-order valence-electron chi connectivity index (χ2n) is 6.39. The smallest absolute Gasteiger partial charge is 0.317 e. The average molecular weight is 375 g/mol. The number of nitrogens with zero attached hydrogens (tertiary/aromatic N) is 4. The summed E-state index contributed by atoms with van der Waals surface area (Å²) in [5, 5.41) is 6.68. The lowest BCUT2D eigenvalue weighted by molar-refractivity contribution is -0.000511. The number of aromatic nitrogens is 3. The first kappa shape index (κ1) is 19.2. The number of likely N-dealkylation sites (tertiary alicyclic amines) is 1. The molecule has 3 heterocycles. The van der Waals surface area contributed by atoms with Crippen molar-refractivity contribution >= 4 is 6.03 Å². The predicted octanol–water partition coefficient (Wildman–Crippen LogP) is 1.54. The molecule has 3 rings (SSSR count). The van der Waals surface area contributed by atoms with E-state index in [9.17, 15) is 4.79 Å². The van der Waals surface area contributed by atoms with Crippen molar-refractivity contribution in [1.29, 1.82) is 0 Å². The van der Waals surface area contributed by atoms with E-state index in [0.29, 0.717) is 44.4 Å². The van der Waals surface area contributed by atoms with Crippen molar-refractivity contribution in [2.45, 2.75) is 38.5 Å². The number of hydrogen-bond acceptors (Lipinski definition) is 7. The van der Waals surface area contributed by atoms with Gasteiger partial charge in [-0.25, -0.2) is 4.79 Å². The number of piperidine rings is 1. The Balaban J connectivity index is 1.42. The Morgan fingerprint density at radius 3 is 3.22 bits per heavy atom. The molecule has 1 saturated heterocycles. The van der Waals surface area contributed by atoms with E-state index >= 15 is 0 Å². The molecule has 0 spiro atoms. The zero-order valence-electron chi connectivity index (χ0n) is 15.5. The number of rotatable bonds is 8. The van der Waals surface area contributed by atoms with Crippen LogP contribution in [0.25, 0.3) is 0 Å². The molecule has 0 bridgehead atoms. The molecule has 0 aliphatic carbocycles. The fraction of sp³-hybridized carbons (Fsp3) is 0.556. The van der Waals surface area contributed by atoms with Gasteiger partial charge >= 0.3 is 6.03 Å². The van der Waals surface area contributed by atoms with E-state index in [0.717, 1.165) is 18.4 Å². The molecule has 9 nitrogen and oxygen atoms in total. The lowest BCUT2D eigenvalue weighted by Crippen LogP contribution is -2.47. The zero-order chi connectivity index (χ0) is 18.9. The molecule has 0 radical (unpaired) electrons. The Morgan fingerprint density at radius 2 is 2.41 bits per heavy atom. The third-order valence-electron chi connectivity index (χ3n) is 4.30. The highest BCUT2D eigenvalue weighted by atomic mass is 16.5. The Bertz CT molecular complexity index is 709. The van der Waals surface area contributed by atoms with Gasteiger partial charge in [0.05, 0.1) is 25.9 Å². The minimum atomic E-state index is -0.152. The Labute approximate surface area is 158 Å². The van der Waals surface area contributed by atoms with Crippen LogP contribution in [0.15, 0.2) is 29.0 Å². The van der Waals surface area contributed by atoms with Gasteiger partial charge in [0.25, 0.3) is 0 Å². The Kier molecular flexibility index (Phi) is 7.11. The molecular formula is C18H25N5O4. The Morgan fingerprint density at radius 1 is 1.48 bits per heavy atom. The van der Waals surface area contributed by atoms with Gasteiger partial charge < -0.3 is 24.2 Å². The van der Waals surface area contributed by atoms with Crippen LogP contribution in [-0.4, -0.2) is 59.0 Å². The van der Waals surface area contributed by atoms with Crippen LogP contribution in [0, 0.1) is 0 Å². The maximum atomic E-state index is 12.4. The minimum absolute atomic E-state index is 0.0220. The number of pyridine rings is 1. The molecule has 27 heavy (non-hydrogen) atoms. The largest absolute Gasteiger partial charge is 0.384 e. The third-order valence-corrected chi connectivity index (χ3v) is 4.30. The van der Waals surface area contributed by atoms with E-state index in [1.807, 2.05) is 12.1 Å². The van der Waals surface area contributed by atoms with Crippen LogP contribution < -0.4 is 5.32 Å². The minimum Gasteiger partial charge on any atom is -0.384 e. The Hall–Kier alpha value is -2.52. The van der Waals surface area contributed by atoms with Crippen LogP contribution >= 0.6 is 0 Å². The lowest BCUT2D eigenvalue weighted by Gasteiger charge is -2.32. The van der Waals surface area contributed by atoms with Crippen LogP contribution in [0.1, 0.15) is 30.1 Å². The predicted molar refractivity (Wildman–Crippen MR) is 95.7 cm³/mol. The number of methoxy groups -OCH3 is 1. The highest BCUT2D eigenvalue weighted by Gasteiger charge is 2.24. The van der Waals surface area contributed by atoms with Gasteiger partial charge in [0.15, 0.2) is 5.82 Å². The molecule has 1 fully saturated rings. The molecule has 146 valence electrons. The SMILES string of the molecule is COCCc1noc(CNC(=O)N2CCC[C@H](OCc3cccnc3)C2)n1. The first-order valence-corrected chi connectivity index (χ1v) is 9.08. The summed E-state index contributed by atoms with van der Waals surface area (Å²) >= 11 is 0. The molecule has 0 saturated carbocycles. The molecule has 2 aromatic rings. The molecule has 2 amide bonds. The molecule has 9 heteroatoms.